The highest BCUT2D eigenvalue weighted by atomic mass is 16.1. The predicted molar refractivity (Wildman–Crippen MR) is 122 cm³/mol. The molecular weight excluding hydrogens is 400 g/mol. The number of amides is 1. The minimum atomic E-state index is -0.263. The molecule has 0 fully saturated rings. The van der Waals surface area contributed by atoms with E-state index in [0.29, 0.717) is 28.2 Å². The number of anilines is 1. The van der Waals surface area contributed by atoms with Crippen molar-refractivity contribution in [2.45, 2.75) is 0 Å². The Labute approximate surface area is 183 Å². The fraction of sp³-hybridized carbons (Fsp3) is 0. The van der Waals surface area contributed by atoms with Gasteiger partial charge in [-0.3, -0.25) is 14.0 Å². The van der Waals surface area contributed by atoms with Crippen LogP contribution in [0.25, 0.3) is 28.2 Å². The van der Waals surface area contributed by atoms with Crippen LogP contribution in [0.3, 0.4) is 0 Å². The number of imidazole rings is 1. The number of carbonyl (C=O) groups is 2. The Balaban J connectivity index is 1.23. The summed E-state index contributed by atoms with van der Waals surface area (Å²) >= 11 is 0. The predicted octanol–water partition coefficient (Wildman–Crippen LogP) is 4.86. The average Bonchev–Trinajstić information content (AvgIpc) is 3.39. The first-order chi connectivity index (χ1) is 15.7. The van der Waals surface area contributed by atoms with E-state index in [1.807, 2.05) is 77.5 Å². The molecule has 1 aliphatic carbocycles. The van der Waals surface area contributed by atoms with E-state index in [-0.39, 0.29) is 11.7 Å². The van der Waals surface area contributed by atoms with E-state index >= 15 is 0 Å². The molecule has 2 aromatic heterocycles. The fourth-order valence-electron chi connectivity index (χ4n) is 4.07. The van der Waals surface area contributed by atoms with E-state index < -0.39 is 0 Å². The molecule has 0 bridgehead atoms. The van der Waals surface area contributed by atoms with Gasteiger partial charge in [-0.15, -0.1) is 0 Å². The first-order valence-electron chi connectivity index (χ1n) is 10.2. The van der Waals surface area contributed by atoms with Crippen LogP contribution in [0.1, 0.15) is 26.3 Å². The van der Waals surface area contributed by atoms with Crippen LogP contribution in [-0.4, -0.2) is 26.1 Å². The third-order valence-corrected chi connectivity index (χ3v) is 5.66. The number of nitrogens with one attached hydrogen (secondary N) is 1. The maximum absolute atomic E-state index is 12.8. The number of benzene rings is 3. The lowest BCUT2D eigenvalue weighted by atomic mass is 10.0. The van der Waals surface area contributed by atoms with Crippen molar-refractivity contribution in [3.63, 3.8) is 0 Å². The van der Waals surface area contributed by atoms with Gasteiger partial charge < -0.3 is 5.32 Å². The van der Waals surface area contributed by atoms with Gasteiger partial charge in [0.15, 0.2) is 5.78 Å². The number of nitrogens with zero attached hydrogens (tertiary/aromatic N) is 3. The van der Waals surface area contributed by atoms with Crippen LogP contribution in [0.4, 0.5) is 5.69 Å². The molecule has 5 aromatic rings. The summed E-state index contributed by atoms with van der Waals surface area (Å²) in [6.45, 7) is 0. The molecule has 6 nitrogen and oxygen atoms in total. The molecule has 32 heavy (non-hydrogen) atoms. The third-order valence-electron chi connectivity index (χ3n) is 5.66. The van der Waals surface area contributed by atoms with E-state index in [4.69, 9.17) is 0 Å². The minimum absolute atomic E-state index is 0.0449. The van der Waals surface area contributed by atoms with Crippen LogP contribution in [0.5, 0.6) is 0 Å². The summed E-state index contributed by atoms with van der Waals surface area (Å²) < 4.78 is 1.86. The van der Waals surface area contributed by atoms with Gasteiger partial charge in [0.05, 0.1) is 5.69 Å². The number of hydrogen-bond donors (Lipinski definition) is 1. The number of hydrogen-bond acceptors (Lipinski definition) is 4. The summed E-state index contributed by atoms with van der Waals surface area (Å²) in [6.07, 6.45) is 5.51. The number of ketones is 1. The topological polar surface area (TPSA) is 76.4 Å². The summed E-state index contributed by atoms with van der Waals surface area (Å²) in [7, 11) is 0. The quantitative estimate of drug-likeness (QED) is 0.447. The zero-order chi connectivity index (χ0) is 21.7. The highest BCUT2D eigenvalue weighted by Crippen LogP contribution is 2.36. The normalized spacial score (nSPS) is 11.9. The first-order valence-corrected chi connectivity index (χ1v) is 10.2. The summed E-state index contributed by atoms with van der Waals surface area (Å²) in [5.41, 5.74) is 5.86. The van der Waals surface area contributed by atoms with Crippen molar-refractivity contribution < 1.29 is 9.59 Å². The molecule has 0 aliphatic heterocycles. The van der Waals surface area contributed by atoms with Gasteiger partial charge in [-0.1, -0.05) is 42.5 Å². The van der Waals surface area contributed by atoms with Gasteiger partial charge in [0, 0.05) is 46.5 Å². The van der Waals surface area contributed by atoms with Crippen molar-refractivity contribution in [1.82, 2.24) is 14.4 Å². The molecule has 6 heteroatoms. The fourth-order valence-corrected chi connectivity index (χ4v) is 4.07. The van der Waals surface area contributed by atoms with E-state index in [1.165, 1.54) is 0 Å². The molecule has 0 spiro atoms. The summed E-state index contributed by atoms with van der Waals surface area (Å²) in [5.74, 6) is 0.325. The zero-order valence-corrected chi connectivity index (χ0v) is 16.8. The van der Waals surface area contributed by atoms with E-state index in [9.17, 15) is 9.59 Å². The van der Waals surface area contributed by atoms with Gasteiger partial charge in [0.25, 0.3) is 5.91 Å². The largest absolute Gasteiger partial charge is 0.322 e. The van der Waals surface area contributed by atoms with Crippen molar-refractivity contribution in [3.05, 3.63) is 108 Å². The lowest BCUT2D eigenvalue weighted by Crippen LogP contribution is -2.12. The second kappa shape index (κ2) is 6.99. The smallest absolute Gasteiger partial charge is 0.255 e. The SMILES string of the molecule is O=C(Nc1ccc(-c2cn3cccnc3n2)cc1)c1ccc2c(c1)C(=O)c1ccccc1-2. The zero-order valence-electron chi connectivity index (χ0n) is 16.8. The van der Waals surface area contributed by atoms with Crippen molar-refractivity contribution in [2.24, 2.45) is 0 Å². The highest BCUT2D eigenvalue weighted by Gasteiger charge is 2.27. The molecule has 6 rings (SSSR count). The first kappa shape index (κ1) is 18.2. The number of rotatable bonds is 3. The Kier molecular flexibility index (Phi) is 3.98. The Morgan fingerprint density at radius 1 is 0.844 bits per heavy atom. The van der Waals surface area contributed by atoms with Gasteiger partial charge in [-0.2, -0.15) is 0 Å². The third kappa shape index (κ3) is 2.89. The van der Waals surface area contributed by atoms with Gasteiger partial charge in [-0.05, 0) is 41.5 Å². The summed E-state index contributed by atoms with van der Waals surface area (Å²) in [6, 6.07) is 22.1. The minimum Gasteiger partial charge on any atom is -0.322 e. The molecular formula is C26H16N4O2. The Bertz CT molecular complexity index is 1500. The van der Waals surface area contributed by atoms with E-state index in [1.54, 1.807) is 18.3 Å². The van der Waals surface area contributed by atoms with Crippen LogP contribution in [-0.2, 0) is 0 Å². The van der Waals surface area contributed by atoms with Gasteiger partial charge in [-0.25, -0.2) is 9.97 Å². The van der Waals surface area contributed by atoms with Gasteiger partial charge >= 0.3 is 0 Å². The van der Waals surface area contributed by atoms with Gasteiger partial charge in [0.1, 0.15) is 0 Å². The second-order valence-corrected chi connectivity index (χ2v) is 7.62. The van der Waals surface area contributed by atoms with Crippen molar-refractivity contribution in [3.8, 4) is 22.4 Å². The number of fused-ring (bicyclic) bond motifs is 4. The summed E-state index contributed by atoms with van der Waals surface area (Å²) in [5, 5.41) is 2.90. The molecule has 0 unspecified atom stereocenters. The monoisotopic (exact) mass is 416 g/mol. The maximum atomic E-state index is 12.8. The van der Waals surface area contributed by atoms with Crippen molar-refractivity contribution in [2.75, 3.05) is 5.32 Å². The molecule has 0 saturated carbocycles. The van der Waals surface area contributed by atoms with Crippen molar-refractivity contribution >= 4 is 23.2 Å². The van der Waals surface area contributed by atoms with Crippen LogP contribution in [0, 0.1) is 0 Å². The molecule has 0 radical (unpaired) electrons. The molecule has 2 heterocycles. The average molecular weight is 416 g/mol. The lowest BCUT2D eigenvalue weighted by Gasteiger charge is -2.07. The second-order valence-electron chi connectivity index (χ2n) is 7.62. The van der Waals surface area contributed by atoms with Crippen molar-refractivity contribution in [1.29, 1.82) is 0 Å². The molecule has 1 N–H and O–H groups in total. The highest BCUT2D eigenvalue weighted by molar-refractivity contribution is 6.22. The number of carbonyl (C=O) groups excluding carboxylic acids is 2. The summed E-state index contributed by atoms with van der Waals surface area (Å²) in [4.78, 5) is 34.3. The Hall–Kier alpha value is -4.58. The van der Waals surface area contributed by atoms with Crippen LogP contribution >= 0.6 is 0 Å². The van der Waals surface area contributed by atoms with Crippen LogP contribution in [0.2, 0.25) is 0 Å². The molecule has 0 atom stereocenters. The molecule has 3 aromatic carbocycles. The molecule has 152 valence electrons. The van der Waals surface area contributed by atoms with Crippen LogP contribution < -0.4 is 5.32 Å². The Morgan fingerprint density at radius 3 is 2.44 bits per heavy atom. The standard InChI is InChI=1S/C26H16N4O2/c31-24-21-5-2-1-4-19(21)20-11-8-17(14-22(20)24)25(32)28-18-9-6-16(7-10-18)23-15-30-13-3-12-27-26(30)29-23/h1-15H,(H,28,32). The van der Waals surface area contributed by atoms with E-state index in [2.05, 4.69) is 15.3 Å². The Morgan fingerprint density at radius 2 is 1.62 bits per heavy atom. The lowest BCUT2D eigenvalue weighted by molar-refractivity contribution is 0.102. The maximum Gasteiger partial charge on any atom is 0.255 e. The number of aromatic nitrogens is 3. The van der Waals surface area contributed by atoms with E-state index in [0.717, 1.165) is 22.4 Å². The van der Waals surface area contributed by atoms with Crippen LogP contribution in [0.15, 0.2) is 91.4 Å². The van der Waals surface area contributed by atoms with Gasteiger partial charge in [0.2, 0.25) is 5.78 Å². The molecule has 1 amide bonds. The molecule has 0 saturated heterocycles. The molecule has 1 aliphatic rings.